The predicted octanol–water partition coefficient (Wildman–Crippen LogP) is 3.71. The summed E-state index contributed by atoms with van der Waals surface area (Å²) >= 11 is 1.81. The largest absolute Gasteiger partial charge is 0.369 e. The van der Waals surface area contributed by atoms with Gasteiger partial charge in [0.15, 0.2) is 0 Å². The molecule has 0 aromatic carbocycles. The van der Waals surface area contributed by atoms with Crippen molar-refractivity contribution in [1.82, 2.24) is 9.30 Å². The zero-order valence-electron chi connectivity index (χ0n) is 14.0. The predicted molar refractivity (Wildman–Crippen MR) is 98.2 cm³/mol. The van der Waals surface area contributed by atoms with Gasteiger partial charge >= 0.3 is 0 Å². The van der Waals surface area contributed by atoms with Gasteiger partial charge in [-0.15, -0.1) is 11.3 Å². The van der Waals surface area contributed by atoms with Gasteiger partial charge in [0.1, 0.15) is 11.3 Å². The summed E-state index contributed by atoms with van der Waals surface area (Å²) in [6, 6.07) is 12.1. The number of rotatable bonds is 1. The number of fused-ring (bicyclic) bond motifs is 3. The van der Waals surface area contributed by atoms with E-state index in [1.807, 2.05) is 57.2 Å². The SMILES string of the molecule is O=C(c1ccc2ccccn12)N1CCC2(CC1)OCCc1ccsc12. The molecule has 2 aliphatic heterocycles. The van der Waals surface area contributed by atoms with E-state index in [0.717, 1.165) is 50.2 Å². The van der Waals surface area contributed by atoms with E-state index in [1.54, 1.807) is 0 Å². The van der Waals surface area contributed by atoms with Gasteiger partial charge in [0.25, 0.3) is 5.91 Å². The highest BCUT2D eigenvalue weighted by Gasteiger charge is 2.42. The molecule has 0 unspecified atom stereocenters. The Morgan fingerprint density at radius 2 is 2.00 bits per heavy atom. The van der Waals surface area contributed by atoms with Crippen LogP contribution in [0.15, 0.2) is 48.0 Å². The Balaban J connectivity index is 1.38. The van der Waals surface area contributed by atoms with E-state index < -0.39 is 0 Å². The molecule has 2 aliphatic rings. The Hall–Kier alpha value is -2.11. The lowest BCUT2D eigenvalue weighted by atomic mass is 9.85. The van der Waals surface area contributed by atoms with Gasteiger partial charge < -0.3 is 14.0 Å². The minimum absolute atomic E-state index is 0.114. The van der Waals surface area contributed by atoms with Gasteiger partial charge in [-0.3, -0.25) is 4.79 Å². The van der Waals surface area contributed by atoms with Crippen molar-refractivity contribution < 1.29 is 9.53 Å². The van der Waals surface area contributed by atoms with Crippen molar-refractivity contribution in [1.29, 1.82) is 0 Å². The number of carbonyl (C=O) groups excluding carboxylic acids is 1. The smallest absolute Gasteiger partial charge is 0.270 e. The molecule has 1 spiro atoms. The van der Waals surface area contributed by atoms with E-state index in [9.17, 15) is 4.79 Å². The molecule has 3 aromatic heterocycles. The van der Waals surface area contributed by atoms with Gasteiger partial charge in [-0.1, -0.05) is 6.07 Å². The van der Waals surface area contributed by atoms with Gasteiger partial charge in [-0.05, 0) is 60.5 Å². The molecule has 1 saturated heterocycles. The monoisotopic (exact) mass is 352 g/mol. The van der Waals surface area contributed by atoms with E-state index in [0.29, 0.717) is 0 Å². The maximum atomic E-state index is 13.0. The maximum Gasteiger partial charge on any atom is 0.270 e. The molecule has 0 radical (unpaired) electrons. The summed E-state index contributed by atoms with van der Waals surface area (Å²) in [5.74, 6) is 0.114. The average molecular weight is 352 g/mol. The molecular weight excluding hydrogens is 332 g/mol. The van der Waals surface area contributed by atoms with Gasteiger partial charge in [0, 0.05) is 29.7 Å². The molecule has 1 fully saturated rings. The fourth-order valence-corrected chi connectivity index (χ4v) is 5.36. The number of piperidine rings is 1. The first-order chi connectivity index (χ1) is 12.3. The Bertz CT molecular complexity index is 934. The summed E-state index contributed by atoms with van der Waals surface area (Å²) in [5, 5.41) is 2.17. The van der Waals surface area contributed by atoms with Crippen LogP contribution in [0.3, 0.4) is 0 Å². The third-order valence-electron chi connectivity index (χ3n) is 5.55. The van der Waals surface area contributed by atoms with Gasteiger partial charge in [0.05, 0.1) is 6.61 Å². The normalized spacial score (nSPS) is 19.3. The third kappa shape index (κ3) is 2.34. The van der Waals surface area contributed by atoms with Crippen molar-refractivity contribution in [3.63, 3.8) is 0 Å². The van der Waals surface area contributed by atoms with Crippen LogP contribution in [0.1, 0.15) is 33.8 Å². The van der Waals surface area contributed by atoms with Crippen molar-refractivity contribution in [2.45, 2.75) is 24.9 Å². The van der Waals surface area contributed by atoms with Crippen LogP contribution in [0.5, 0.6) is 0 Å². The number of thiophene rings is 1. The topological polar surface area (TPSA) is 34.0 Å². The second kappa shape index (κ2) is 5.71. The molecule has 0 aliphatic carbocycles. The molecule has 5 heterocycles. The molecule has 1 amide bonds. The van der Waals surface area contributed by atoms with Crippen LogP contribution in [-0.2, 0) is 16.8 Å². The third-order valence-corrected chi connectivity index (χ3v) is 6.69. The number of pyridine rings is 1. The molecular formula is C20H20N2O2S. The van der Waals surface area contributed by atoms with E-state index in [2.05, 4.69) is 11.4 Å². The van der Waals surface area contributed by atoms with Gasteiger partial charge in [-0.25, -0.2) is 0 Å². The lowest BCUT2D eigenvalue weighted by molar-refractivity contribution is -0.0906. The van der Waals surface area contributed by atoms with Crippen molar-refractivity contribution in [2.24, 2.45) is 0 Å². The van der Waals surface area contributed by atoms with E-state index in [-0.39, 0.29) is 11.5 Å². The van der Waals surface area contributed by atoms with Gasteiger partial charge in [0.2, 0.25) is 0 Å². The molecule has 4 nitrogen and oxygen atoms in total. The van der Waals surface area contributed by atoms with Crippen LogP contribution in [-0.4, -0.2) is 34.9 Å². The lowest BCUT2D eigenvalue weighted by Gasteiger charge is -2.43. The Morgan fingerprint density at radius 3 is 2.88 bits per heavy atom. The van der Waals surface area contributed by atoms with Crippen molar-refractivity contribution in [2.75, 3.05) is 19.7 Å². The summed E-state index contributed by atoms with van der Waals surface area (Å²) in [7, 11) is 0. The Morgan fingerprint density at radius 1 is 1.12 bits per heavy atom. The first-order valence-electron chi connectivity index (χ1n) is 8.83. The average Bonchev–Trinajstić information content (AvgIpc) is 3.30. The number of hydrogen-bond acceptors (Lipinski definition) is 3. The zero-order valence-corrected chi connectivity index (χ0v) is 14.8. The lowest BCUT2D eigenvalue weighted by Crippen LogP contribution is -2.48. The van der Waals surface area contributed by atoms with E-state index in [1.165, 1.54) is 10.4 Å². The molecule has 5 rings (SSSR count). The molecule has 5 heteroatoms. The van der Waals surface area contributed by atoms with E-state index in [4.69, 9.17) is 4.74 Å². The standard InChI is InChI=1S/C20H20N2O2S/c23-19(17-5-4-16-3-1-2-10-22(16)17)21-11-8-20(9-12-21)18-15(6-13-24-20)7-14-25-18/h1-5,7,10,14H,6,8-9,11-13H2. The minimum Gasteiger partial charge on any atom is -0.369 e. The fourth-order valence-electron chi connectivity index (χ4n) is 4.19. The molecule has 0 atom stereocenters. The van der Waals surface area contributed by atoms with Crippen LogP contribution < -0.4 is 0 Å². The summed E-state index contributed by atoms with van der Waals surface area (Å²) < 4.78 is 8.22. The molecule has 25 heavy (non-hydrogen) atoms. The molecule has 3 aromatic rings. The number of ether oxygens (including phenoxy) is 1. The summed E-state index contributed by atoms with van der Waals surface area (Å²) in [6.45, 7) is 2.29. The summed E-state index contributed by atoms with van der Waals surface area (Å²) in [4.78, 5) is 16.4. The highest BCUT2D eigenvalue weighted by Crippen LogP contribution is 2.44. The second-order valence-electron chi connectivity index (χ2n) is 6.87. The highest BCUT2D eigenvalue weighted by atomic mass is 32.1. The van der Waals surface area contributed by atoms with Gasteiger partial charge in [-0.2, -0.15) is 0 Å². The van der Waals surface area contributed by atoms with Crippen LogP contribution >= 0.6 is 11.3 Å². The van der Waals surface area contributed by atoms with Crippen LogP contribution in [0.2, 0.25) is 0 Å². The summed E-state index contributed by atoms with van der Waals surface area (Å²) in [6.07, 6.45) is 4.74. The second-order valence-corrected chi connectivity index (χ2v) is 7.79. The first kappa shape index (κ1) is 15.2. The number of likely N-dealkylation sites (tertiary alicyclic amines) is 1. The van der Waals surface area contributed by atoms with Crippen molar-refractivity contribution in [3.05, 3.63) is 64.1 Å². The fraction of sp³-hybridized carbons (Fsp3) is 0.350. The van der Waals surface area contributed by atoms with Crippen LogP contribution in [0, 0.1) is 0 Å². The molecule has 128 valence electrons. The Labute approximate surface area is 150 Å². The number of nitrogens with zero attached hydrogens (tertiary/aromatic N) is 2. The van der Waals surface area contributed by atoms with Crippen molar-refractivity contribution in [3.8, 4) is 0 Å². The first-order valence-corrected chi connectivity index (χ1v) is 9.71. The van der Waals surface area contributed by atoms with Crippen LogP contribution in [0.25, 0.3) is 5.52 Å². The number of aromatic nitrogens is 1. The Kier molecular flexibility index (Phi) is 3.47. The molecule has 0 saturated carbocycles. The molecule has 0 N–H and O–H groups in total. The van der Waals surface area contributed by atoms with E-state index >= 15 is 0 Å². The molecule has 0 bridgehead atoms. The number of hydrogen-bond donors (Lipinski definition) is 0. The highest BCUT2D eigenvalue weighted by molar-refractivity contribution is 7.10. The number of amides is 1. The minimum atomic E-state index is -0.167. The zero-order chi connectivity index (χ0) is 16.9. The van der Waals surface area contributed by atoms with Crippen LogP contribution in [0.4, 0.5) is 0 Å². The maximum absolute atomic E-state index is 13.0. The quantitative estimate of drug-likeness (QED) is 0.669. The summed E-state index contributed by atoms with van der Waals surface area (Å²) in [5.41, 5.74) is 3.07. The van der Waals surface area contributed by atoms with Crippen molar-refractivity contribution >= 4 is 22.8 Å². The number of carbonyl (C=O) groups is 1.